The van der Waals surface area contributed by atoms with Gasteiger partial charge in [0.2, 0.25) is 5.91 Å². The molecule has 3 nitrogen and oxygen atoms in total. The van der Waals surface area contributed by atoms with Gasteiger partial charge in [0.15, 0.2) is 0 Å². The molecule has 1 heterocycles. The average molecular weight is 236 g/mol. The smallest absolute Gasteiger partial charge is 0.220 e. The SMILES string of the molecule is C[C@H](CNC(=O)C[C@@H]1C=CCC1)N1CCCC1. The van der Waals surface area contributed by atoms with Crippen LogP contribution in [0.4, 0.5) is 0 Å². The molecular weight excluding hydrogens is 212 g/mol. The van der Waals surface area contributed by atoms with E-state index in [0.717, 1.165) is 19.4 Å². The molecule has 1 aliphatic heterocycles. The van der Waals surface area contributed by atoms with Gasteiger partial charge >= 0.3 is 0 Å². The molecular formula is C14H24N2O. The summed E-state index contributed by atoms with van der Waals surface area (Å²) in [7, 11) is 0. The maximum atomic E-state index is 11.8. The summed E-state index contributed by atoms with van der Waals surface area (Å²) in [6.07, 6.45) is 9.95. The molecule has 0 aromatic carbocycles. The van der Waals surface area contributed by atoms with E-state index >= 15 is 0 Å². The highest BCUT2D eigenvalue weighted by molar-refractivity contribution is 5.76. The number of nitrogens with one attached hydrogen (secondary N) is 1. The zero-order chi connectivity index (χ0) is 12.1. The summed E-state index contributed by atoms with van der Waals surface area (Å²) < 4.78 is 0. The van der Waals surface area contributed by atoms with Crippen LogP contribution >= 0.6 is 0 Å². The lowest BCUT2D eigenvalue weighted by Crippen LogP contribution is -2.40. The minimum absolute atomic E-state index is 0.215. The zero-order valence-corrected chi connectivity index (χ0v) is 10.8. The second-order valence-corrected chi connectivity index (χ2v) is 5.37. The third kappa shape index (κ3) is 3.84. The van der Waals surface area contributed by atoms with Crippen LogP contribution in [0.5, 0.6) is 0 Å². The summed E-state index contributed by atoms with van der Waals surface area (Å²) in [5, 5.41) is 3.07. The lowest BCUT2D eigenvalue weighted by atomic mass is 10.1. The van der Waals surface area contributed by atoms with E-state index in [1.54, 1.807) is 0 Å². The van der Waals surface area contributed by atoms with E-state index in [4.69, 9.17) is 0 Å². The monoisotopic (exact) mass is 236 g/mol. The molecule has 2 aliphatic rings. The molecule has 1 fully saturated rings. The molecule has 2 rings (SSSR count). The first-order valence-electron chi connectivity index (χ1n) is 6.93. The highest BCUT2D eigenvalue weighted by Gasteiger charge is 2.19. The minimum Gasteiger partial charge on any atom is -0.355 e. The number of rotatable bonds is 5. The highest BCUT2D eigenvalue weighted by atomic mass is 16.1. The summed E-state index contributed by atoms with van der Waals surface area (Å²) in [4.78, 5) is 14.2. The number of carbonyl (C=O) groups is 1. The zero-order valence-electron chi connectivity index (χ0n) is 10.8. The van der Waals surface area contributed by atoms with Crippen LogP contribution < -0.4 is 5.32 Å². The normalized spacial score (nSPS) is 26.3. The number of nitrogens with zero attached hydrogens (tertiary/aromatic N) is 1. The fourth-order valence-electron chi connectivity index (χ4n) is 2.75. The van der Waals surface area contributed by atoms with Crippen molar-refractivity contribution in [2.45, 2.75) is 45.1 Å². The van der Waals surface area contributed by atoms with E-state index in [9.17, 15) is 4.79 Å². The van der Waals surface area contributed by atoms with Gasteiger partial charge in [0.05, 0.1) is 0 Å². The Bertz CT molecular complexity index is 282. The van der Waals surface area contributed by atoms with Gasteiger partial charge in [-0.25, -0.2) is 0 Å². The molecule has 1 N–H and O–H groups in total. The van der Waals surface area contributed by atoms with Crippen molar-refractivity contribution >= 4 is 5.91 Å². The predicted octanol–water partition coefficient (Wildman–Crippen LogP) is 1.94. The van der Waals surface area contributed by atoms with Gasteiger partial charge in [-0.05, 0) is 51.6 Å². The van der Waals surface area contributed by atoms with Gasteiger partial charge < -0.3 is 5.32 Å². The number of hydrogen-bond donors (Lipinski definition) is 1. The third-order valence-electron chi connectivity index (χ3n) is 3.92. The highest BCUT2D eigenvalue weighted by Crippen LogP contribution is 2.20. The largest absolute Gasteiger partial charge is 0.355 e. The van der Waals surface area contributed by atoms with E-state index in [0.29, 0.717) is 18.4 Å². The summed E-state index contributed by atoms with van der Waals surface area (Å²) in [6.45, 7) is 5.40. The van der Waals surface area contributed by atoms with Crippen molar-refractivity contribution in [1.29, 1.82) is 0 Å². The molecule has 0 aromatic heterocycles. The van der Waals surface area contributed by atoms with E-state index in [2.05, 4.69) is 29.3 Å². The number of hydrogen-bond acceptors (Lipinski definition) is 2. The Morgan fingerprint density at radius 2 is 2.24 bits per heavy atom. The molecule has 0 saturated carbocycles. The first kappa shape index (κ1) is 12.6. The van der Waals surface area contributed by atoms with Crippen LogP contribution in [0.1, 0.15) is 39.0 Å². The molecule has 96 valence electrons. The Labute approximate surface area is 104 Å². The first-order chi connectivity index (χ1) is 8.25. The van der Waals surface area contributed by atoms with E-state index in [1.165, 1.54) is 25.9 Å². The van der Waals surface area contributed by atoms with Crippen LogP contribution in [0.2, 0.25) is 0 Å². The van der Waals surface area contributed by atoms with Crippen molar-refractivity contribution in [2.75, 3.05) is 19.6 Å². The Balaban J connectivity index is 1.63. The van der Waals surface area contributed by atoms with Crippen LogP contribution in [-0.4, -0.2) is 36.5 Å². The molecule has 17 heavy (non-hydrogen) atoms. The molecule has 0 unspecified atom stereocenters. The van der Waals surface area contributed by atoms with E-state index in [1.807, 2.05) is 0 Å². The first-order valence-corrected chi connectivity index (χ1v) is 6.93. The van der Waals surface area contributed by atoms with Crippen molar-refractivity contribution < 1.29 is 4.79 Å². The topological polar surface area (TPSA) is 32.3 Å². The van der Waals surface area contributed by atoms with Crippen LogP contribution in [0.25, 0.3) is 0 Å². The molecule has 1 aliphatic carbocycles. The molecule has 0 radical (unpaired) electrons. The minimum atomic E-state index is 0.215. The Morgan fingerprint density at radius 1 is 1.47 bits per heavy atom. The molecule has 0 spiro atoms. The fourth-order valence-corrected chi connectivity index (χ4v) is 2.75. The summed E-state index contributed by atoms with van der Waals surface area (Å²) in [6, 6.07) is 0.487. The summed E-state index contributed by atoms with van der Waals surface area (Å²) >= 11 is 0. The van der Waals surface area contributed by atoms with Gasteiger partial charge in [0.1, 0.15) is 0 Å². The van der Waals surface area contributed by atoms with Crippen molar-refractivity contribution in [3.8, 4) is 0 Å². The van der Waals surface area contributed by atoms with Crippen molar-refractivity contribution in [3.05, 3.63) is 12.2 Å². The Hall–Kier alpha value is -0.830. The third-order valence-corrected chi connectivity index (χ3v) is 3.92. The van der Waals surface area contributed by atoms with E-state index in [-0.39, 0.29) is 5.91 Å². The lowest BCUT2D eigenvalue weighted by molar-refractivity contribution is -0.121. The summed E-state index contributed by atoms with van der Waals surface area (Å²) in [5.41, 5.74) is 0. The maximum Gasteiger partial charge on any atom is 0.220 e. The number of carbonyl (C=O) groups excluding carboxylic acids is 1. The van der Waals surface area contributed by atoms with Crippen LogP contribution in [0.15, 0.2) is 12.2 Å². The van der Waals surface area contributed by atoms with Gasteiger partial charge in [-0.15, -0.1) is 0 Å². The van der Waals surface area contributed by atoms with Gasteiger partial charge in [-0.1, -0.05) is 12.2 Å². The molecule has 3 heteroatoms. The quantitative estimate of drug-likeness (QED) is 0.740. The number of likely N-dealkylation sites (tertiary alicyclic amines) is 1. The van der Waals surface area contributed by atoms with Crippen LogP contribution in [0.3, 0.4) is 0 Å². The molecule has 1 saturated heterocycles. The molecule has 2 atom stereocenters. The Kier molecular flexibility index (Phi) is 4.60. The molecule has 0 bridgehead atoms. The van der Waals surface area contributed by atoms with Crippen molar-refractivity contribution in [3.63, 3.8) is 0 Å². The van der Waals surface area contributed by atoms with E-state index < -0.39 is 0 Å². The fraction of sp³-hybridized carbons (Fsp3) is 0.786. The second kappa shape index (κ2) is 6.20. The van der Waals surface area contributed by atoms with Gasteiger partial charge in [-0.2, -0.15) is 0 Å². The van der Waals surface area contributed by atoms with Crippen LogP contribution in [-0.2, 0) is 4.79 Å². The van der Waals surface area contributed by atoms with Crippen molar-refractivity contribution in [2.24, 2.45) is 5.92 Å². The lowest BCUT2D eigenvalue weighted by Gasteiger charge is -2.24. The molecule has 1 amide bonds. The molecule has 0 aromatic rings. The van der Waals surface area contributed by atoms with Gasteiger partial charge in [0.25, 0.3) is 0 Å². The number of amides is 1. The average Bonchev–Trinajstić information content (AvgIpc) is 2.97. The van der Waals surface area contributed by atoms with Gasteiger partial charge in [-0.3, -0.25) is 9.69 Å². The Morgan fingerprint density at radius 3 is 2.88 bits per heavy atom. The predicted molar refractivity (Wildman–Crippen MR) is 69.8 cm³/mol. The van der Waals surface area contributed by atoms with Crippen LogP contribution in [0, 0.1) is 5.92 Å². The second-order valence-electron chi connectivity index (χ2n) is 5.37. The van der Waals surface area contributed by atoms with Gasteiger partial charge in [0, 0.05) is 19.0 Å². The standard InChI is InChI=1S/C14H24N2O/c1-12(16-8-4-5-9-16)11-15-14(17)10-13-6-2-3-7-13/h2,6,12-13H,3-5,7-11H2,1H3,(H,15,17)/t12-,13-/m1/s1. The summed E-state index contributed by atoms with van der Waals surface area (Å²) in [5.74, 6) is 0.699. The van der Waals surface area contributed by atoms with Crippen molar-refractivity contribution in [1.82, 2.24) is 10.2 Å². The maximum absolute atomic E-state index is 11.8. The number of allylic oxidation sites excluding steroid dienone is 2.